The van der Waals surface area contributed by atoms with Crippen LogP contribution in [0.1, 0.15) is 18.2 Å². The number of halogens is 1. The van der Waals surface area contributed by atoms with Gasteiger partial charge < -0.3 is 5.32 Å². The molecule has 0 unspecified atom stereocenters. The lowest BCUT2D eigenvalue weighted by Crippen LogP contribution is -1.98. The van der Waals surface area contributed by atoms with Crippen molar-refractivity contribution >= 4 is 16.6 Å². The Hall–Kier alpha value is -1.64. The lowest BCUT2D eigenvalue weighted by atomic mass is 10.1. The summed E-state index contributed by atoms with van der Waals surface area (Å²) in [4.78, 5) is 4.48. The molecule has 0 aliphatic heterocycles. The first-order chi connectivity index (χ1) is 7.67. The molecular weight excluding hydrogens is 203 g/mol. The summed E-state index contributed by atoms with van der Waals surface area (Å²) in [6, 6.07) is 5.28. The summed E-state index contributed by atoms with van der Waals surface area (Å²) in [7, 11) is 1.87. The molecule has 0 atom stereocenters. The van der Waals surface area contributed by atoms with Gasteiger partial charge >= 0.3 is 0 Å². The van der Waals surface area contributed by atoms with E-state index in [0.717, 1.165) is 28.7 Å². The van der Waals surface area contributed by atoms with Crippen molar-refractivity contribution in [3.05, 3.63) is 35.3 Å². The van der Waals surface area contributed by atoms with Crippen LogP contribution in [0.5, 0.6) is 0 Å². The molecule has 16 heavy (non-hydrogen) atoms. The fourth-order valence-electron chi connectivity index (χ4n) is 1.85. The summed E-state index contributed by atoms with van der Waals surface area (Å²) in [5, 5.41) is 4.10. The molecule has 3 heteroatoms. The maximum atomic E-state index is 13.5. The Bertz CT molecular complexity index is 535. The van der Waals surface area contributed by atoms with Gasteiger partial charge in [0.2, 0.25) is 0 Å². The van der Waals surface area contributed by atoms with Crippen molar-refractivity contribution in [1.29, 1.82) is 0 Å². The maximum absolute atomic E-state index is 13.5. The van der Waals surface area contributed by atoms with Gasteiger partial charge in [0, 0.05) is 29.4 Å². The number of hydrogen-bond donors (Lipinski definition) is 1. The van der Waals surface area contributed by atoms with Gasteiger partial charge in [-0.2, -0.15) is 0 Å². The normalized spacial score (nSPS) is 10.8. The second kappa shape index (κ2) is 4.08. The Balaban J connectivity index is 2.84. The lowest BCUT2D eigenvalue weighted by molar-refractivity contribution is 0.620. The molecule has 1 aromatic carbocycles. The minimum Gasteiger partial charge on any atom is -0.388 e. The van der Waals surface area contributed by atoms with Crippen LogP contribution in [0.4, 0.5) is 10.1 Å². The molecule has 0 fully saturated rings. The van der Waals surface area contributed by atoms with Crippen LogP contribution in [0.25, 0.3) is 10.9 Å². The third-order valence-electron chi connectivity index (χ3n) is 2.85. The van der Waals surface area contributed by atoms with E-state index < -0.39 is 0 Å². The molecule has 0 radical (unpaired) electrons. The Morgan fingerprint density at radius 2 is 2.12 bits per heavy atom. The number of anilines is 1. The zero-order valence-corrected chi connectivity index (χ0v) is 9.76. The minimum atomic E-state index is -0.199. The molecule has 0 aliphatic rings. The van der Waals surface area contributed by atoms with Crippen molar-refractivity contribution in [3.8, 4) is 0 Å². The Morgan fingerprint density at radius 3 is 2.75 bits per heavy atom. The van der Waals surface area contributed by atoms with Crippen LogP contribution >= 0.6 is 0 Å². The molecule has 1 heterocycles. The highest BCUT2D eigenvalue weighted by molar-refractivity contribution is 5.93. The molecule has 2 nitrogen and oxygen atoms in total. The van der Waals surface area contributed by atoms with E-state index in [9.17, 15) is 4.39 Å². The van der Waals surface area contributed by atoms with Crippen molar-refractivity contribution in [2.24, 2.45) is 0 Å². The van der Waals surface area contributed by atoms with Crippen LogP contribution in [0, 0.1) is 12.7 Å². The molecule has 0 amide bonds. The number of nitrogens with zero attached hydrogens (tertiary/aromatic N) is 1. The molecular formula is C13H15FN2. The SMILES string of the molecule is CCc1cc(NC)c2ccc(F)c(C)c2n1. The molecule has 0 saturated heterocycles. The smallest absolute Gasteiger partial charge is 0.128 e. The van der Waals surface area contributed by atoms with E-state index in [1.54, 1.807) is 13.0 Å². The van der Waals surface area contributed by atoms with E-state index in [4.69, 9.17) is 0 Å². The number of fused-ring (bicyclic) bond motifs is 1. The van der Waals surface area contributed by atoms with E-state index in [0.29, 0.717) is 5.56 Å². The highest BCUT2D eigenvalue weighted by Crippen LogP contribution is 2.26. The van der Waals surface area contributed by atoms with Crippen LogP contribution in [0.2, 0.25) is 0 Å². The Labute approximate surface area is 94.5 Å². The number of aromatic nitrogens is 1. The maximum Gasteiger partial charge on any atom is 0.128 e. The number of aryl methyl sites for hydroxylation is 2. The summed E-state index contributed by atoms with van der Waals surface area (Å²) in [6.07, 6.45) is 0.848. The van der Waals surface area contributed by atoms with E-state index in [2.05, 4.69) is 10.3 Å². The number of benzene rings is 1. The fraction of sp³-hybridized carbons (Fsp3) is 0.308. The number of hydrogen-bond acceptors (Lipinski definition) is 2. The highest BCUT2D eigenvalue weighted by Gasteiger charge is 2.09. The van der Waals surface area contributed by atoms with Gasteiger partial charge in [-0.1, -0.05) is 6.92 Å². The molecule has 0 aliphatic carbocycles. The first-order valence-electron chi connectivity index (χ1n) is 5.43. The van der Waals surface area contributed by atoms with Crippen LogP contribution in [-0.4, -0.2) is 12.0 Å². The second-order valence-corrected chi connectivity index (χ2v) is 3.83. The summed E-state index contributed by atoms with van der Waals surface area (Å²) in [5.41, 5.74) is 3.35. The average molecular weight is 218 g/mol. The summed E-state index contributed by atoms with van der Waals surface area (Å²) < 4.78 is 13.5. The lowest BCUT2D eigenvalue weighted by Gasteiger charge is -2.10. The summed E-state index contributed by atoms with van der Waals surface area (Å²) >= 11 is 0. The predicted molar refractivity (Wildman–Crippen MR) is 65.4 cm³/mol. The van der Waals surface area contributed by atoms with Crippen molar-refractivity contribution in [2.75, 3.05) is 12.4 Å². The minimum absolute atomic E-state index is 0.199. The van der Waals surface area contributed by atoms with Crippen molar-refractivity contribution in [2.45, 2.75) is 20.3 Å². The van der Waals surface area contributed by atoms with Crippen molar-refractivity contribution in [3.63, 3.8) is 0 Å². The van der Waals surface area contributed by atoms with Crippen LogP contribution in [-0.2, 0) is 6.42 Å². The van der Waals surface area contributed by atoms with E-state index >= 15 is 0 Å². The molecule has 0 bridgehead atoms. The van der Waals surface area contributed by atoms with Gasteiger partial charge in [0.25, 0.3) is 0 Å². The van der Waals surface area contributed by atoms with Gasteiger partial charge in [0.05, 0.1) is 5.52 Å². The monoisotopic (exact) mass is 218 g/mol. The van der Waals surface area contributed by atoms with Gasteiger partial charge in [-0.25, -0.2) is 4.39 Å². The predicted octanol–water partition coefficient (Wildman–Crippen LogP) is 3.29. The zero-order valence-electron chi connectivity index (χ0n) is 9.76. The average Bonchev–Trinajstić information content (AvgIpc) is 2.32. The molecule has 1 N–H and O–H groups in total. The van der Waals surface area contributed by atoms with Gasteiger partial charge in [-0.15, -0.1) is 0 Å². The van der Waals surface area contributed by atoms with E-state index in [1.807, 2.05) is 20.0 Å². The molecule has 2 aromatic rings. The second-order valence-electron chi connectivity index (χ2n) is 3.83. The third kappa shape index (κ3) is 1.62. The molecule has 0 spiro atoms. The third-order valence-corrected chi connectivity index (χ3v) is 2.85. The highest BCUT2D eigenvalue weighted by atomic mass is 19.1. The van der Waals surface area contributed by atoms with Gasteiger partial charge in [0.1, 0.15) is 5.82 Å². The zero-order chi connectivity index (χ0) is 11.7. The first kappa shape index (κ1) is 10.9. The number of rotatable bonds is 2. The molecule has 0 saturated carbocycles. The number of pyridine rings is 1. The van der Waals surface area contributed by atoms with Crippen molar-refractivity contribution in [1.82, 2.24) is 4.98 Å². The Kier molecular flexibility index (Phi) is 2.77. The molecule has 2 rings (SSSR count). The van der Waals surface area contributed by atoms with Crippen LogP contribution in [0.3, 0.4) is 0 Å². The van der Waals surface area contributed by atoms with Gasteiger partial charge in [-0.3, -0.25) is 4.98 Å². The molecule has 1 aromatic heterocycles. The quantitative estimate of drug-likeness (QED) is 0.836. The topological polar surface area (TPSA) is 24.9 Å². The van der Waals surface area contributed by atoms with Gasteiger partial charge in [-0.05, 0) is 31.5 Å². The number of nitrogens with one attached hydrogen (secondary N) is 1. The van der Waals surface area contributed by atoms with Crippen LogP contribution < -0.4 is 5.32 Å². The molecule has 84 valence electrons. The van der Waals surface area contributed by atoms with Gasteiger partial charge in [0.15, 0.2) is 0 Å². The first-order valence-corrected chi connectivity index (χ1v) is 5.43. The van der Waals surface area contributed by atoms with Crippen LogP contribution in [0.15, 0.2) is 18.2 Å². The summed E-state index contributed by atoms with van der Waals surface area (Å²) in [6.45, 7) is 3.81. The fourth-order valence-corrected chi connectivity index (χ4v) is 1.85. The van der Waals surface area contributed by atoms with Crippen molar-refractivity contribution < 1.29 is 4.39 Å². The largest absolute Gasteiger partial charge is 0.388 e. The van der Waals surface area contributed by atoms with E-state index in [-0.39, 0.29) is 5.82 Å². The summed E-state index contributed by atoms with van der Waals surface area (Å²) in [5.74, 6) is -0.199. The van der Waals surface area contributed by atoms with E-state index in [1.165, 1.54) is 6.07 Å². The standard InChI is InChI=1S/C13H15FN2/c1-4-9-7-12(15-3)10-5-6-11(14)8(2)13(10)16-9/h5-7H,4H2,1-3H3,(H,15,16). The Morgan fingerprint density at radius 1 is 1.38 bits per heavy atom.